The number of ketones is 1. The minimum Gasteiger partial charge on any atom is -0.452 e. The van der Waals surface area contributed by atoms with Gasteiger partial charge in [0.1, 0.15) is 5.82 Å². The van der Waals surface area contributed by atoms with Crippen LogP contribution in [0.2, 0.25) is 0 Å². The van der Waals surface area contributed by atoms with E-state index >= 15 is 0 Å². The molecule has 2 aromatic carbocycles. The highest BCUT2D eigenvalue weighted by Crippen LogP contribution is 2.36. The molecule has 1 amide bonds. The van der Waals surface area contributed by atoms with Crippen molar-refractivity contribution in [3.05, 3.63) is 87.2 Å². The van der Waals surface area contributed by atoms with Crippen LogP contribution in [0.5, 0.6) is 11.5 Å². The Morgan fingerprint density at radius 3 is 2.47 bits per heavy atom. The van der Waals surface area contributed by atoms with E-state index in [0.717, 1.165) is 12.1 Å². The van der Waals surface area contributed by atoms with Crippen molar-refractivity contribution in [3.63, 3.8) is 0 Å². The number of pyridine rings is 1. The molecule has 0 aliphatic rings. The van der Waals surface area contributed by atoms with E-state index in [-0.39, 0.29) is 35.1 Å². The van der Waals surface area contributed by atoms with Gasteiger partial charge >= 0.3 is 0 Å². The Morgan fingerprint density at radius 2 is 1.79 bits per heavy atom. The maximum atomic E-state index is 14.2. The molecule has 9 heteroatoms. The monoisotopic (exact) mass is 482 g/mol. The topological polar surface area (TPSA) is 68.6 Å². The number of carbonyl (C=O) groups is 2. The number of hydrogen-bond donors (Lipinski definition) is 0. The van der Waals surface area contributed by atoms with Crippen LogP contribution in [0.3, 0.4) is 0 Å². The van der Waals surface area contributed by atoms with Crippen LogP contribution < -0.4 is 15.2 Å². The fraction of sp³-hybridized carbons (Fsp3) is 0.160. The van der Waals surface area contributed by atoms with E-state index in [1.54, 1.807) is 32.3 Å². The number of anilines is 1. The van der Waals surface area contributed by atoms with Crippen molar-refractivity contribution in [2.45, 2.75) is 13.8 Å². The lowest BCUT2D eigenvalue weighted by molar-refractivity contribution is 0.0987. The molecule has 2 heterocycles. The summed E-state index contributed by atoms with van der Waals surface area (Å²) in [6, 6.07) is 10.7. The number of Topliss-reactive ketones (excluding diaryl/α,β-unsaturated/α-hetero) is 1. The van der Waals surface area contributed by atoms with Gasteiger partial charge in [-0.05, 0) is 56.3 Å². The van der Waals surface area contributed by atoms with E-state index in [1.165, 1.54) is 45.9 Å². The third kappa shape index (κ3) is 4.34. The Hall–Kier alpha value is -3.85. The predicted octanol–water partition coefficient (Wildman–Crippen LogP) is 5.54. The Balaban J connectivity index is 1.80. The van der Waals surface area contributed by atoms with Gasteiger partial charge in [0.2, 0.25) is 0 Å². The van der Waals surface area contributed by atoms with Crippen LogP contribution in [-0.2, 0) is 7.05 Å². The van der Waals surface area contributed by atoms with Crippen molar-refractivity contribution in [2.24, 2.45) is 7.05 Å². The Morgan fingerprint density at radius 1 is 1.06 bits per heavy atom. The summed E-state index contributed by atoms with van der Waals surface area (Å²) in [5.74, 6) is -2.41. The normalized spacial score (nSPS) is 11.0. The van der Waals surface area contributed by atoms with E-state index < -0.39 is 17.5 Å². The molecule has 0 aliphatic heterocycles. The minimum absolute atomic E-state index is 0.114. The quantitative estimate of drug-likeness (QED) is 0.339. The lowest BCUT2D eigenvalue weighted by Gasteiger charge is -2.24. The highest BCUT2D eigenvalue weighted by molar-refractivity contribution is 7.20. The number of carbonyl (C=O) groups excluding carboxylic acids is 2. The molecular weight excluding hydrogens is 462 g/mol. The highest BCUT2D eigenvalue weighted by Gasteiger charge is 2.24. The van der Waals surface area contributed by atoms with Crippen LogP contribution in [0.4, 0.5) is 14.5 Å². The maximum absolute atomic E-state index is 14.2. The Kier molecular flexibility index (Phi) is 6.30. The average Bonchev–Trinajstić information content (AvgIpc) is 3.24. The van der Waals surface area contributed by atoms with E-state index in [1.807, 2.05) is 0 Å². The molecule has 4 rings (SSSR count). The molecule has 6 nitrogen and oxygen atoms in total. The van der Waals surface area contributed by atoms with Crippen molar-refractivity contribution in [2.75, 3.05) is 11.4 Å². The molecule has 174 valence electrons. The second-order valence-corrected chi connectivity index (χ2v) is 8.67. The summed E-state index contributed by atoms with van der Waals surface area (Å²) in [7, 11) is 1.63. The second-order valence-electron chi connectivity index (χ2n) is 7.59. The van der Waals surface area contributed by atoms with Gasteiger partial charge in [0.25, 0.3) is 11.5 Å². The number of rotatable bonds is 6. The third-order valence-electron chi connectivity index (χ3n) is 5.30. The van der Waals surface area contributed by atoms with Gasteiger partial charge < -0.3 is 14.2 Å². The number of thiophene rings is 1. The van der Waals surface area contributed by atoms with Crippen LogP contribution in [0, 0.1) is 11.6 Å². The molecule has 0 aliphatic carbocycles. The number of ether oxygens (including phenoxy) is 1. The predicted molar refractivity (Wildman–Crippen MR) is 127 cm³/mol. The van der Waals surface area contributed by atoms with Gasteiger partial charge in [-0.25, -0.2) is 8.78 Å². The van der Waals surface area contributed by atoms with E-state index in [9.17, 15) is 23.2 Å². The fourth-order valence-electron chi connectivity index (χ4n) is 3.51. The van der Waals surface area contributed by atoms with Crippen LogP contribution in [0.1, 0.15) is 33.9 Å². The number of benzene rings is 2. The van der Waals surface area contributed by atoms with Gasteiger partial charge in [-0.3, -0.25) is 14.4 Å². The van der Waals surface area contributed by atoms with E-state index in [2.05, 4.69) is 0 Å². The maximum Gasteiger partial charge on any atom is 0.268 e. The first-order valence-electron chi connectivity index (χ1n) is 10.4. The summed E-state index contributed by atoms with van der Waals surface area (Å²) in [5, 5.41) is 0.428. The SMILES string of the molecule is CCN(C(=O)c1cc2c(=O)n(C)ccc2s1)c1cc(C(C)=O)ccc1Oc1ccc(F)cc1F. The lowest BCUT2D eigenvalue weighted by Crippen LogP contribution is -2.30. The molecule has 0 bridgehead atoms. The van der Waals surface area contributed by atoms with Crippen LogP contribution >= 0.6 is 11.3 Å². The van der Waals surface area contributed by atoms with Crippen molar-refractivity contribution >= 4 is 38.8 Å². The van der Waals surface area contributed by atoms with E-state index in [0.29, 0.717) is 26.6 Å². The fourth-order valence-corrected chi connectivity index (χ4v) is 4.50. The second kappa shape index (κ2) is 9.18. The molecule has 2 aromatic heterocycles. The van der Waals surface area contributed by atoms with Gasteiger partial charge in [0, 0.05) is 36.1 Å². The number of aryl methyl sites for hydroxylation is 1. The zero-order chi connectivity index (χ0) is 24.6. The first-order chi connectivity index (χ1) is 16.2. The summed E-state index contributed by atoms with van der Waals surface area (Å²) < 4.78 is 35.4. The molecule has 4 aromatic rings. The largest absolute Gasteiger partial charge is 0.452 e. The van der Waals surface area contributed by atoms with Crippen molar-refractivity contribution in [1.82, 2.24) is 4.57 Å². The molecule has 34 heavy (non-hydrogen) atoms. The zero-order valence-corrected chi connectivity index (χ0v) is 19.4. The van der Waals surface area contributed by atoms with Crippen LogP contribution in [0.15, 0.2) is 59.5 Å². The molecule has 0 N–H and O–H groups in total. The Labute approximate surface area is 197 Å². The molecular formula is C25H20F2N2O4S. The Bertz CT molecular complexity index is 1490. The van der Waals surface area contributed by atoms with Crippen molar-refractivity contribution in [1.29, 1.82) is 0 Å². The van der Waals surface area contributed by atoms with Crippen LogP contribution in [-0.4, -0.2) is 22.8 Å². The van der Waals surface area contributed by atoms with Gasteiger partial charge in [-0.1, -0.05) is 0 Å². The van der Waals surface area contributed by atoms with E-state index in [4.69, 9.17) is 4.74 Å². The lowest BCUT2D eigenvalue weighted by atomic mass is 10.1. The van der Waals surface area contributed by atoms with Gasteiger partial charge in [0.15, 0.2) is 23.1 Å². The number of amides is 1. The number of nitrogens with zero attached hydrogens (tertiary/aromatic N) is 2. The molecule has 0 atom stereocenters. The summed E-state index contributed by atoms with van der Waals surface area (Å²) in [5.41, 5.74) is 0.359. The molecule has 0 saturated carbocycles. The standard InChI is InChI=1S/C25H20F2N2O4S/c1-4-29(25(32)23-13-17-22(34-23)9-10-28(3)24(17)31)19-11-15(14(2)30)5-7-21(19)33-20-8-6-16(26)12-18(20)27/h5-13H,4H2,1-3H3. The number of fused-ring (bicyclic) bond motifs is 1. The smallest absolute Gasteiger partial charge is 0.268 e. The first-order valence-corrected chi connectivity index (χ1v) is 11.2. The van der Waals surface area contributed by atoms with Gasteiger partial charge in [-0.2, -0.15) is 0 Å². The molecule has 0 saturated heterocycles. The van der Waals surface area contributed by atoms with Crippen molar-refractivity contribution in [3.8, 4) is 11.5 Å². The zero-order valence-electron chi connectivity index (χ0n) is 18.6. The minimum atomic E-state index is -0.906. The molecule has 0 spiro atoms. The average molecular weight is 483 g/mol. The highest BCUT2D eigenvalue weighted by atomic mass is 32.1. The van der Waals surface area contributed by atoms with Crippen molar-refractivity contribution < 1.29 is 23.1 Å². The van der Waals surface area contributed by atoms with Gasteiger partial charge in [0.05, 0.1) is 16.0 Å². The summed E-state index contributed by atoms with van der Waals surface area (Å²) in [6.07, 6.45) is 1.63. The molecule has 0 unspecified atom stereocenters. The summed E-state index contributed by atoms with van der Waals surface area (Å²) in [4.78, 5) is 39.7. The molecule has 0 radical (unpaired) electrons. The summed E-state index contributed by atoms with van der Waals surface area (Å²) >= 11 is 1.18. The summed E-state index contributed by atoms with van der Waals surface area (Å²) in [6.45, 7) is 3.33. The van der Waals surface area contributed by atoms with Crippen LogP contribution in [0.25, 0.3) is 10.1 Å². The number of aromatic nitrogens is 1. The number of hydrogen-bond acceptors (Lipinski definition) is 5. The molecule has 0 fully saturated rings. The number of halogens is 2. The third-order valence-corrected chi connectivity index (χ3v) is 6.39. The van der Waals surface area contributed by atoms with Gasteiger partial charge in [-0.15, -0.1) is 11.3 Å². The first kappa shape index (κ1) is 23.3.